The molecule has 0 aliphatic carbocycles. The van der Waals surface area contributed by atoms with Gasteiger partial charge in [0, 0.05) is 38.9 Å². The molecule has 3 heterocycles. The van der Waals surface area contributed by atoms with Crippen molar-refractivity contribution in [3.8, 4) is 0 Å². The molecule has 0 bridgehead atoms. The van der Waals surface area contributed by atoms with Crippen molar-refractivity contribution in [2.45, 2.75) is 13.5 Å². The third kappa shape index (κ3) is 2.11. The highest BCUT2D eigenvalue weighted by Crippen LogP contribution is 2.20. The Hall–Kier alpha value is -1.10. The number of piperazine rings is 1. The van der Waals surface area contributed by atoms with Gasteiger partial charge in [0.1, 0.15) is 0 Å². The van der Waals surface area contributed by atoms with E-state index >= 15 is 0 Å². The summed E-state index contributed by atoms with van der Waals surface area (Å²) in [5, 5.41) is 4.08. The van der Waals surface area contributed by atoms with Crippen molar-refractivity contribution in [1.29, 1.82) is 0 Å². The third-order valence-electron chi connectivity index (χ3n) is 3.48. The topological polar surface area (TPSA) is 32.6 Å². The molecule has 4 nitrogen and oxygen atoms in total. The lowest BCUT2D eigenvalue weighted by Gasteiger charge is -2.27. The summed E-state index contributed by atoms with van der Waals surface area (Å²) >= 11 is 6.18. The molecule has 1 aliphatic heterocycles. The normalized spacial score (nSPS) is 17.4. The summed E-state index contributed by atoms with van der Waals surface area (Å²) in [5.74, 6) is 0. The molecule has 0 amide bonds. The zero-order valence-corrected chi connectivity index (χ0v) is 11.2. The first-order chi connectivity index (χ1) is 8.75. The maximum Gasteiger partial charge on any atom is 0.156 e. The number of aryl methyl sites for hydroxylation is 1. The van der Waals surface area contributed by atoms with Gasteiger partial charge in [0.25, 0.3) is 0 Å². The molecule has 0 saturated carbocycles. The van der Waals surface area contributed by atoms with Crippen molar-refractivity contribution in [3.05, 3.63) is 34.7 Å². The van der Waals surface area contributed by atoms with E-state index < -0.39 is 0 Å². The van der Waals surface area contributed by atoms with E-state index in [4.69, 9.17) is 11.6 Å². The molecule has 1 saturated heterocycles. The van der Waals surface area contributed by atoms with Gasteiger partial charge in [0.2, 0.25) is 0 Å². The summed E-state index contributed by atoms with van der Waals surface area (Å²) in [6.07, 6.45) is 2.04. The molecule has 2 aromatic heterocycles. The zero-order chi connectivity index (χ0) is 12.5. The molecule has 1 N–H and O–H groups in total. The Balaban J connectivity index is 1.95. The number of nitrogens with zero attached hydrogens (tertiary/aromatic N) is 3. The average molecular weight is 265 g/mol. The van der Waals surface area contributed by atoms with Crippen LogP contribution in [0.2, 0.25) is 5.02 Å². The van der Waals surface area contributed by atoms with Crippen molar-refractivity contribution in [1.82, 2.24) is 19.6 Å². The Labute approximate surface area is 112 Å². The predicted molar refractivity (Wildman–Crippen MR) is 73.1 cm³/mol. The highest BCUT2D eigenvalue weighted by molar-refractivity contribution is 6.33. The van der Waals surface area contributed by atoms with Gasteiger partial charge in [-0.3, -0.25) is 4.90 Å². The van der Waals surface area contributed by atoms with Crippen LogP contribution in [0.3, 0.4) is 0 Å². The van der Waals surface area contributed by atoms with Crippen molar-refractivity contribution in [2.24, 2.45) is 0 Å². The number of hydrogen-bond donors (Lipinski definition) is 1. The number of imidazole rings is 1. The van der Waals surface area contributed by atoms with Crippen molar-refractivity contribution >= 4 is 17.2 Å². The van der Waals surface area contributed by atoms with E-state index in [0.717, 1.165) is 44.1 Å². The van der Waals surface area contributed by atoms with Crippen LogP contribution in [0.1, 0.15) is 11.4 Å². The summed E-state index contributed by atoms with van der Waals surface area (Å²) in [6, 6.07) is 3.86. The van der Waals surface area contributed by atoms with Crippen LogP contribution in [-0.4, -0.2) is 40.5 Å². The first kappa shape index (κ1) is 12.0. The predicted octanol–water partition coefficient (Wildman–Crippen LogP) is 1.70. The lowest BCUT2D eigenvalue weighted by atomic mass is 10.3. The first-order valence-electron chi connectivity index (χ1n) is 6.31. The van der Waals surface area contributed by atoms with Gasteiger partial charge in [0.05, 0.1) is 16.4 Å². The molecule has 0 radical (unpaired) electrons. The number of fused-ring (bicyclic) bond motifs is 1. The molecule has 5 heteroatoms. The van der Waals surface area contributed by atoms with Crippen LogP contribution in [0.4, 0.5) is 0 Å². The maximum atomic E-state index is 6.18. The van der Waals surface area contributed by atoms with Crippen LogP contribution in [0.5, 0.6) is 0 Å². The SMILES string of the molecule is Cc1nc2c(Cl)cccn2c1CN1CCNCC1. The molecule has 0 unspecified atom stereocenters. The number of rotatable bonds is 2. The second-order valence-electron chi connectivity index (χ2n) is 4.72. The van der Waals surface area contributed by atoms with Crippen molar-refractivity contribution < 1.29 is 0 Å². The minimum atomic E-state index is 0.715. The molecule has 0 atom stereocenters. The fourth-order valence-corrected chi connectivity index (χ4v) is 2.67. The molecule has 0 spiro atoms. The zero-order valence-electron chi connectivity index (χ0n) is 10.5. The van der Waals surface area contributed by atoms with Gasteiger partial charge in [0.15, 0.2) is 5.65 Å². The fraction of sp³-hybridized carbons (Fsp3) is 0.462. The molecule has 2 aromatic rings. The third-order valence-corrected chi connectivity index (χ3v) is 3.78. The highest BCUT2D eigenvalue weighted by atomic mass is 35.5. The molecule has 0 aromatic carbocycles. The lowest BCUT2D eigenvalue weighted by molar-refractivity contribution is 0.230. The van der Waals surface area contributed by atoms with Gasteiger partial charge >= 0.3 is 0 Å². The quantitative estimate of drug-likeness (QED) is 0.896. The smallest absolute Gasteiger partial charge is 0.156 e. The van der Waals surface area contributed by atoms with E-state index in [1.165, 1.54) is 5.69 Å². The van der Waals surface area contributed by atoms with Gasteiger partial charge < -0.3 is 9.72 Å². The summed E-state index contributed by atoms with van der Waals surface area (Å²) in [4.78, 5) is 7.02. The maximum absolute atomic E-state index is 6.18. The van der Waals surface area contributed by atoms with Crippen LogP contribution in [0.25, 0.3) is 5.65 Å². The second-order valence-corrected chi connectivity index (χ2v) is 5.13. The Morgan fingerprint density at radius 1 is 1.39 bits per heavy atom. The van der Waals surface area contributed by atoms with Gasteiger partial charge in [-0.15, -0.1) is 0 Å². The van der Waals surface area contributed by atoms with Gasteiger partial charge in [-0.05, 0) is 19.1 Å². The van der Waals surface area contributed by atoms with Crippen LogP contribution in [0, 0.1) is 6.92 Å². The van der Waals surface area contributed by atoms with E-state index in [1.54, 1.807) is 0 Å². The largest absolute Gasteiger partial charge is 0.314 e. The fourth-order valence-electron chi connectivity index (χ4n) is 2.47. The first-order valence-corrected chi connectivity index (χ1v) is 6.68. The summed E-state index contributed by atoms with van der Waals surface area (Å²) in [6.45, 7) is 7.31. The lowest BCUT2D eigenvalue weighted by Crippen LogP contribution is -2.43. The van der Waals surface area contributed by atoms with E-state index in [-0.39, 0.29) is 0 Å². The van der Waals surface area contributed by atoms with Gasteiger partial charge in [-0.25, -0.2) is 4.98 Å². The number of hydrogen-bond acceptors (Lipinski definition) is 3. The summed E-state index contributed by atoms with van der Waals surface area (Å²) in [7, 11) is 0. The molecule has 1 aliphatic rings. The average Bonchev–Trinajstić information content (AvgIpc) is 2.70. The van der Waals surface area contributed by atoms with Crippen LogP contribution in [-0.2, 0) is 6.54 Å². The molecule has 3 rings (SSSR count). The number of pyridine rings is 1. The Morgan fingerprint density at radius 3 is 2.94 bits per heavy atom. The van der Waals surface area contributed by atoms with E-state index in [9.17, 15) is 0 Å². The van der Waals surface area contributed by atoms with Crippen LogP contribution >= 0.6 is 11.6 Å². The number of aromatic nitrogens is 2. The molecule has 96 valence electrons. The van der Waals surface area contributed by atoms with E-state index in [1.807, 2.05) is 18.3 Å². The van der Waals surface area contributed by atoms with E-state index in [2.05, 4.69) is 26.5 Å². The van der Waals surface area contributed by atoms with Crippen molar-refractivity contribution in [3.63, 3.8) is 0 Å². The molecule has 1 fully saturated rings. The molecular formula is C13H17ClN4. The van der Waals surface area contributed by atoms with Gasteiger partial charge in [-0.1, -0.05) is 11.6 Å². The summed E-state index contributed by atoms with van der Waals surface area (Å²) < 4.78 is 2.11. The summed E-state index contributed by atoms with van der Waals surface area (Å²) in [5.41, 5.74) is 3.18. The number of nitrogens with one attached hydrogen (secondary N) is 1. The van der Waals surface area contributed by atoms with Crippen molar-refractivity contribution in [2.75, 3.05) is 26.2 Å². The number of halogens is 1. The molecular weight excluding hydrogens is 248 g/mol. The van der Waals surface area contributed by atoms with Crippen LogP contribution < -0.4 is 5.32 Å². The highest BCUT2D eigenvalue weighted by Gasteiger charge is 2.16. The Kier molecular flexibility index (Phi) is 3.24. The molecule has 18 heavy (non-hydrogen) atoms. The standard InChI is InChI=1S/C13H17ClN4/c1-10-12(9-17-7-4-15-5-8-17)18-6-2-3-11(14)13(18)16-10/h2-3,6,15H,4-5,7-9H2,1H3. The Morgan fingerprint density at radius 2 is 2.17 bits per heavy atom. The van der Waals surface area contributed by atoms with Gasteiger partial charge in [-0.2, -0.15) is 0 Å². The second kappa shape index (κ2) is 4.88. The van der Waals surface area contributed by atoms with Crippen LogP contribution in [0.15, 0.2) is 18.3 Å². The minimum absolute atomic E-state index is 0.715. The monoisotopic (exact) mass is 264 g/mol. The minimum Gasteiger partial charge on any atom is -0.314 e. The van der Waals surface area contributed by atoms with E-state index in [0.29, 0.717) is 5.02 Å². The Bertz CT molecular complexity index is 557.